The summed E-state index contributed by atoms with van der Waals surface area (Å²) < 4.78 is 6.82. The fraction of sp³-hybridized carbons (Fsp3) is 0.208. The van der Waals surface area contributed by atoms with E-state index in [4.69, 9.17) is 4.74 Å². The largest absolute Gasteiger partial charge is 0.452 e. The Bertz CT molecular complexity index is 1210. The van der Waals surface area contributed by atoms with Crippen LogP contribution in [0.2, 0.25) is 0 Å². The molecule has 0 saturated carbocycles. The number of nitro benzene ring substituents is 1. The molecule has 0 aliphatic heterocycles. The molecular formula is C24H24N4O5. The predicted molar refractivity (Wildman–Crippen MR) is 124 cm³/mol. The molecule has 0 aliphatic rings. The highest BCUT2D eigenvalue weighted by Gasteiger charge is 2.15. The number of hydrogen-bond donors (Lipinski definition) is 1. The van der Waals surface area contributed by atoms with Gasteiger partial charge in [-0.2, -0.15) is 5.10 Å². The zero-order valence-corrected chi connectivity index (χ0v) is 18.6. The van der Waals surface area contributed by atoms with Crippen molar-refractivity contribution < 1.29 is 19.2 Å². The highest BCUT2D eigenvalue weighted by molar-refractivity contribution is 5.96. The second kappa shape index (κ2) is 10.4. The van der Waals surface area contributed by atoms with E-state index in [1.165, 1.54) is 29.8 Å². The molecule has 1 N–H and O–H groups in total. The fourth-order valence-electron chi connectivity index (χ4n) is 3.23. The first-order valence-electron chi connectivity index (χ1n) is 10.2. The summed E-state index contributed by atoms with van der Waals surface area (Å²) in [5.74, 6) is -1.39. The number of carbonyl (C=O) groups excluding carboxylic acids is 2. The number of anilines is 1. The lowest BCUT2D eigenvalue weighted by atomic mass is 10.1. The summed E-state index contributed by atoms with van der Waals surface area (Å²) >= 11 is 0. The molecule has 1 heterocycles. The van der Waals surface area contributed by atoms with Crippen LogP contribution in [0.3, 0.4) is 0 Å². The number of aryl methyl sites for hydroxylation is 2. The number of rotatable bonds is 8. The molecule has 170 valence electrons. The fourth-order valence-corrected chi connectivity index (χ4v) is 3.23. The number of amides is 1. The second-order valence-electron chi connectivity index (χ2n) is 7.49. The number of benzene rings is 2. The first-order valence-corrected chi connectivity index (χ1v) is 10.2. The third kappa shape index (κ3) is 6.13. The van der Waals surface area contributed by atoms with Crippen LogP contribution in [0, 0.1) is 30.9 Å². The number of nitrogens with zero attached hydrogens (tertiary/aromatic N) is 3. The van der Waals surface area contributed by atoms with Crippen LogP contribution in [0.5, 0.6) is 0 Å². The molecule has 3 rings (SSSR count). The van der Waals surface area contributed by atoms with E-state index >= 15 is 0 Å². The van der Waals surface area contributed by atoms with Gasteiger partial charge in [-0.1, -0.05) is 42.0 Å². The van der Waals surface area contributed by atoms with Crippen LogP contribution in [-0.2, 0) is 20.9 Å². The summed E-state index contributed by atoms with van der Waals surface area (Å²) in [6.07, 6.45) is 2.83. The van der Waals surface area contributed by atoms with Crippen LogP contribution in [0.15, 0.2) is 54.6 Å². The average molecular weight is 448 g/mol. The van der Waals surface area contributed by atoms with Crippen LogP contribution in [0.1, 0.15) is 28.1 Å². The van der Waals surface area contributed by atoms with Crippen molar-refractivity contribution in [2.45, 2.75) is 27.3 Å². The third-order valence-corrected chi connectivity index (χ3v) is 5.00. The summed E-state index contributed by atoms with van der Waals surface area (Å²) in [6, 6.07) is 13.9. The van der Waals surface area contributed by atoms with E-state index < -0.39 is 23.4 Å². The maximum atomic E-state index is 12.1. The molecule has 0 bridgehead atoms. The molecule has 9 heteroatoms. The first kappa shape index (κ1) is 23.4. The van der Waals surface area contributed by atoms with Crippen LogP contribution in [0.4, 0.5) is 11.4 Å². The Labute approximate surface area is 190 Å². The molecule has 0 radical (unpaired) electrons. The molecule has 2 aromatic carbocycles. The zero-order valence-electron chi connectivity index (χ0n) is 18.6. The van der Waals surface area contributed by atoms with Gasteiger partial charge in [0, 0.05) is 23.4 Å². The van der Waals surface area contributed by atoms with E-state index in [1.807, 2.05) is 49.7 Å². The van der Waals surface area contributed by atoms with Crippen molar-refractivity contribution in [3.05, 3.63) is 92.8 Å². The smallest absolute Gasteiger partial charge is 0.331 e. The highest BCUT2D eigenvalue weighted by atomic mass is 16.6. The lowest BCUT2D eigenvalue weighted by molar-refractivity contribution is -0.383. The number of carbonyl (C=O) groups is 2. The van der Waals surface area contributed by atoms with Crippen molar-refractivity contribution in [2.24, 2.45) is 0 Å². The maximum Gasteiger partial charge on any atom is 0.331 e. The Morgan fingerprint density at radius 2 is 1.82 bits per heavy atom. The van der Waals surface area contributed by atoms with Gasteiger partial charge in [-0.3, -0.25) is 19.6 Å². The molecule has 33 heavy (non-hydrogen) atoms. The van der Waals surface area contributed by atoms with Gasteiger partial charge in [0.15, 0.2) is 6.61 Å². The van der Waals surface area contributed by atoms with Crippen molar-refractivity contribution in [2.75, 3.05) is 11.9 Å². The standard InChI is InChI=1S/C24H24N4O5/c1-16-8-10-19(11-9-16)14-27-18(3)20(17(2)26-27)12-13-24(30)33-15-23(29)25-21-6-4-5-7-22(21)28(31)32/h4-13H,14-15H2,1-3H3,(H,25,29)/b13-12+. The summed E-state index contributed by atoms with van der Waals surface area (Å²) in [5, 5.41) is 17.9. The number of nitro groups is 1. The van der Waals surface area contributed by atoms with Crippen LogP contribution >= 0.6 is 0 Å². The Morgan fingerprint density at radius 3 is 2.52 bits per heavy atom. The molecule has 0 fully saturated rings. The van der Waals surface area contributed by atoms with E-state index in [0.29, 0.717) is 6.54 Å². The number of ether oxygens (including phenoxy) is 1. The Kier molecular flexibility index (Phi) is 7.34. The molecule has 9 nitrogen and oxygen atoms in total. The predicted octanol–water partition coefficient (Wildman–Crippen LogP) is 3.96. The lowest BCUT2D eigenvalue weighted by Crippen LogP contribution is -2.20. The minimum absolute atomic E-state index is 0.0336. The van der Waals surface area contributed by atoms with E-state index in [2.05, 4.69) is 10.4 Å². The monoisotopic (exact) mass is 448 g/mol. The van der Waals surface area contributed by atoms with Crippen molar-refractivity contribution in [3.63, 3.8) is 0 Å². The van der Waals surface area contributed by atoms with Gasteiger partial charge >= 0.3 is 5.97 Å². The van der Waals surface area contributed by atoms with Crippen molar-refractivity contribution >= 4 is 29.3 Å². The van der Waals surface area contributed by atoms with E-state index in [9.17, 15) is 19.7 Å². The number of esters is 1. The zero-order chi connectivity index (χ0) is 24.0. The van der Waals surface area contributed by atoms with E-state index in [1.54, 1.807) is 12.1 Å². The Morgan fingerprint density at radius 1 is 1.12 bits per heavy atom. The van der Waals surface area contributed by atoms with Gasteiger partial charge in [-0.15, -0.1) is 0 Å². The van der Waals surface area contributed by atoms with Crippen LogP contribution in [-0.4, -0.2) is 33.2 Å². The molecule has 0 atom stereocenters. The normalized spacial score (nSPS) is 10.9. The summed E-state index contributed by atoms with van der Waals surface area (Å²) in [4.78, 5) is 34.5. The molecular weight excluding hydrogens is 424 g/mol. The molecule has 1 aromatic heterocycles. The van der Waals surface area contributed by atoms with Gasteiger partial charge in [-0.05, 0) is 38.5 Å². The summed E-state index contributed by atoms with van der Waals surface area (Å²) in [6.45, 7) is 5.84. The lowest BCUT2D eigenvalue weighted by Gasteiger charge is -2.06. The molecule has 0 unspecified atom stereocenters. The number of aromatic nitrogens is 2. The summed E-state index contributed by atoms with van der Waals surface area (Å²) in [7, 11) is 0. The number of para-hydroxylation sites is 2. The molecule has 1 amide bonds. The minimum atomic E-state index is -0.710. The topological polar surface area (TPSA) is 116 Å². The Balaban J connectivity index is 1.58. The quantitative estimate of drug-likeness (QED) is 0.241. The second-order valence-corrected chi connectivity index (χ2v) is 7.49. The molecule has 0 spiro atoms. The van der Waals surface area contributed by atoms with Gasteiger partial charge in [0.2, 0.25) is 0 Å². The number of hydrogen-bond acceptors (Lipinski definition) is 6. The van der Waals surface area contributed by atoms with E-state index in [-0.39, 0.29) is 11.4 Å². The van der Waals surface area contributed by atoms with Crippen LogP contribution < -0.4 is 5.32 Å². The summed E-state index contributed by atoms with van der Waals surface area (Å²) in [5.41, 5.74) is 4.54. The average Bonchev–Trinajstić information content (AvgIpc) is 3.05. The third-order valence-electron chi connectivity index (χ3n) is 5.00. The first-order chi connectivity index (χ1) is 15.7. The van der Waals surface area contributed by atoms with Crippen molar-refractivity contribution in [1.29, 1.82) is 0 Å². The van der Waals surface area contributed by atoms with Gasteiger partial charge < -0.3 is 10.1 Å². The van der Waals surface area contributed by atoms with Gasteiger partial charge in [-0.25, -0.2) is 4.79 Å². The van der Waals surface area contributed by atoms with E-state index in [0.717, 1.165) is 22.5 Å². The molecule has 3 aromatic rings. The van der Waals surface area contributed by atoms with Gasteiger partial charge in [0.1, 0.15) is 5.69 Å². The van der Waals surface area contributed by atoms with Crippen molar-refractivity contribution in [3.8, 4) is 0 Å². The Hall–Kier alpha value is -4.27. The molecule has 0 saturated heterocycles. The SMILES string of the molecule is Cc1ccc(Cn2nc(C)c(/C=C/C(=O)OCC(=O)Nc3ccccc3[N+](=O)[O-])c2C)cc1. The highest BCUT2D eigenvalue weighted by Crippen LogP contribution is 2.23. The van der Waals surface area contributed by atoms with Gasteiger partial charge in [0.25, 0.3) is 11.6 Å². The van der Waals surface area contributed by atoms with Crippen LogP contribution in [0.25, 0.3) is 6.08 Å². The van der Waals surface area contributed by atoms with Gasteiger partial charge in [0.05, 0.1) is 17.2 Å². The number of nitrogens with one attached hydrogen (secondary N) is 1. The minimum Gasteiger partial charge on any atom is -0.452 e. The van der Waals surface area contributed by atoms with Crippen molar-refractivity contribution in [1.82, 2.24) is 9.78 Å². The maximum absolute atomic E-state index is 12.1. The molecule has 0 aliphatic carbocycles.